The maximum atomic E-state index is 12.6. The van der Waals surface area contributed by atoms with Gasteiger partial charge in [-0.15, -0.1) is 0 Å². The molecule has 0 aliphatic carbocycles. The SMILES string of the molecule is C[C@@H]1CN(c2ccc(S(=O)(=O)N3CCOCC3)c[nH+]2)C[C@H](C)O1. The first-order valence-corrected chi connectivity index (χ1v) is 9.41. The maximum absolute atomic E-state index is 12.6. The van der Waals surface area contributed by atoms with Crippen LogP contribution >= 0.6 is 0 Å². The van der Waals surface area contributed by atoms with E-state index in [4.69, 9.17) is 9.47 Å². The van der Waals surface area contributed by atoms with Crippen molar-refractivity contribution in [2.75, 3.05) is 44.3 Å². The molecule has 0 spiro atoms. The Kier molecular flexibility index (Phi) is 4.86. The first kappa shape index (κ1) is 16.6. The monoisotopic (exact) mass is 342 g/mol. The molecule has 2 aliphatic rings. The van der Waals surface area contributed by atoms with Crippen LogP contribution in [0.4, 0.5) is 5.82 Å². The van der Waals surface area contributed by atoms with Crippen molar-refractivity contribution < 1.29 is 22.9 Å². The van der Waals surface area contributed by atoms with E-state index in [2.05, 4.69) is 9.88 Å². The van der Waals surface area contributed by atoms with Gasteiger partial charge in [0, 0.05) is 19.2 Å². The molecule has 23 heavy (non-hydrogen) atoms. The summed E-state index contributed by atoms with van der Waals surface area (Å²) >= 11 is 0. The molecule has 2 fully saturated rings. The molecule has 3 rings (SSSR count). The number of sulfonamides is 1. The minimum atomic E-state index is -3.45. The molecule has 0 saturated carbocycles. The van der Waals surface area contributed by atoms with Crippen molar-refractivity contribution in [2.45, 2.75) is 31.0 Å². The molecule has 1 N–H and O–H groups in total. The number of morpholine rings is 2. The Hall–Kier alpha value is -1.22. The van der Waals surface area contributed by atoms with E-state index in [1.165, 1.54) is 4.31 Å². The summed E-state index contributed by atoms with van der Waals surface area (Å²) in [5.41, 5.74) is 0. The number of H-pyrrole nitrogens is 1. The van der Waals surface area contributed by atoms with Gasteiger partial charge in [0.15, 0.2) is 0 Å². The fourth-order valence-corrected chi connectivity index (χ4v) is 4.45. The van der Waals surface area contributed by atoms with Crippen molar-refractivity contribution in [1.29, 1.82) is 0 Å². The largest absolute Gasteiger partial charge is 0.379 e. The van der Waals surface area contributed by atoms with Gasteiger partial charge in [-0.1, -0.05) is 0 Å². The smallest absolute Gasteiger partial charge is 0.274 e. The van der Waals surface area contributed by atoms with Crippen LogP contribution in [-0.2, 0) is 19.5 Å². The quantitative estimate of drug-likeness (QED) is 0.781. The molecule has 0 aromatic carbocycles. The second-order valence-electron chi connectivity index (χ2n) is 6.09. The number of nitrogens with one attached hydrogen (secondary N) is 1. The molecule has 0 radical (unpaired) electrons. The lowest BCUT2D eigenvalue weighted by Gasteiger charge is -2.31. The number of rotatable bonds is 3. The molecule has 1 aromatic heterocycles. The zero-order chi connectivity index (χ0) is 16.4. The van der Waals surface area contributed by atoms with Gasteiger partial charge in [-0.05, 0) is 19.9 Å². The van der Waals surface area contributed by atoms with Crippen molar-refractivity contribution in [3.63, 3.8) is 0 Å². The van der Waals surface area contributed by atoms with Gasteiger partial charge in [-0.25, -0.2) is 13.4 Å². The lowest BCUT2D eigenvalue weighted by molar-refractivity contribution is -0.368. The van der Waals surface area contributed by atoms with Crippen molar-refractivity contribution in [1.82, 2.24) is 4.31 Å². The molecule has 2 saturated heterocycles. The van der Waals surface area contributed by atoms with E-state index in [-0.39, 0.29) is 17.1 Å². The Morgan fingerprint density at radius 1 is 1.13 bits per heavy atom. The van der Waals surface area contributed by atoms with Gasteiger partial charge in [-0.2, -0.15) is 4.31 Å². The van der Waals surface area contributed by atoms with E-state index in [0.717, 1.165) is 18.9 Å². The number of nitrogens with zero attached hydrogens (tertiary/aromatic N) is 2. The first-order valence-electron chi connectivity index (χ1n) is 7.97. The molecule has 1 aromatic rings. The fraction of sp³-hybridized carbons (Fsp3) is 0.667. The van der Waals surface area contributed by atoms with Crippen LogP contribution in [0.25, 0.3) is 0 Å². The molecule has 8 heteroatoms. The van der Waals surface area contributed by atoms with Crippen LogP contribution in [0.3, 0.4) is 0 Å². The van der Waals surface area contributed by atoms with Gasteiger partial charge >= 0.3 is 0 Å². The van der Waals surface area contributed by atoms with Gasteiger partial charge in [0.05, 0.1) is 25.4 Å². The maximum Gasteiger partial charge on any atom is 0.274 e. The molecule has 128 valence electrons. The van der Waals surface area contributed by atoms with Gasteiger partial charge in [-0.3, -0.25) is 4.90 Å². The van der Waals surface area contributed by atoms with Gasteiger partial charge in [0.25, 0.3) is 5.82 Å². The molecule has 7 nitrogen and oxygen atoms in total. The summed E-state index contributed by atoms with van der Waals surface area (Å²) in [6.07, 6.45) is 1.89. The average molecular weight is 342 g/mol. The number of aromatic amines is 1. The van der Waals surface area contributed by atoms with E-state index in [1.54, 1.807) is 12.3 Å². The highest BCUT2D eigenvalue weighted by atomic mass is 32.2. The standard InChI is InChI=1S/C15H23N3O4S/c1-12-10-17(11-13(2)22-12)15-4-3-14(9-16-15)23(19,20)18-5-7-21-8-6-18/h3-4,9,12-13H,5-8,10-11H2,1-2H3/p+1/t12-,13+. The molecule has 2 aliphatic heterocycles. The summed E-state index contributed by atoms with van der Waals surface area (Å²) in [7, 11) is -3.45. The molecule has 3 heterocycles. The topological polar surface area (TPSA) is 73.2 Å². The summed E-state index contributed by atoms with van der Waals surface area (Å²) in [6, 6.07) is 3.50. The Morgan fingerprint density at radius 3 is 2.35 bits per heavy atom. The molecule has 2 atom stereocenters. The summed E-state index contributed by atoms with van der Waals surface area (Å²) in [5.74, 6) is 0.910. The van der Waals surface area contributed by atoms with Crippen LogP contribution in [0.5, 0.6) is 0 Å². The highest BCUT2D eigenvalue weighted by molar-refractivity contribution is 7.89. The van der Waals surface area contributed by atoms with Crippen LogP contribution in [0.1, 0.15) is 13.8 Å². The normalized spacial score (nSPS) is 27.1. The van der Waals surface area contributed by atoms with Crippen LogP contribution < -0.4 is 9.88 Å². The van der Waals surface area contributed by atoms with Gasteiger partial charge in [0.1, 0.15) is 24.2 Å². The minimum Gasteiger partial charge on any atom is -0.379 e. The number of aromatic nitrogens is 1. The Labute approximate surface area is 137 Å². The Morgan fingerprint density at radius 2 is 1.78 bits per heavy atom. The lowest BCUT2D eigenvalue weighted by Crippen LogP contribution is -2.47. The average Bonchev–Trinajstić information content (AvgIpc) is 2.55. The number of anilines is 1. The second kappa shape index (κ2) is 6.72. The van der Waals surface area contributed by atoms with E-state index in [9.17, 15) is 8.42 Å². The highest BCUT2D eigenvalue weighted by Crippen LogP contribution is 2.19. The Balaban J connectivity index is 1.76. The third kappa shape index (κ3) is 3.65. The molecular weight excluding hydrogens is 318 g/mol. The van der Waals surface area contributed by atoms with E-state index in [0.29, 0.717) is 26.3 Å². The van der Waals surface area contributed by atoms with Crippen LogP contribution in [0.2, 0.25) is 0 Å². The highest BCUT2D eigenvalue weighted by Gasteiger charge is 2.30. The van der Waals surface area contributed by atoms with Crippen molar-refractivity contribution in [3.8, 4) is 0 Å². The summed E-state index contributed by atoms with van der Waals surface area (Å²) in [4.78, 5) is 5.60. The van der Waals surface area contributed by atoms with Crippen molar-refractivity contribution >= 4 is 15.8 Å². The summed E-state index contributed by atoms with van der Waals surface area (Å²) < 4.78 is 37.6. The predicted molar refractivity (Wildman–Crippen MR) is 84.8 cm³/mol. The van der Waals surface area contributed by atoms with E-state index in [1.807, 2.05) is 19.9 Å². The molecular formula is C15H24N3O4S+. The summed E-state index contributed by atoms with van der Waals surface area (Å²) in [5, 5.41) is 0. The van der Waals surface area contributed by atoms with Crippen molar-refractivity contribution in [2.24, 2.45) is 0 Å². The number of hydrogen-bond donors (Lipinski definition) is 0. The zero-order valence-corrected chi connectivity index (χ0v) is 14.4. The fourth-order valence-electron chi connectivity index (χ4n) is 3.07. The summed E-state index contributed by atoms with van der Waals surface area (Å²) in [6.45, 7) is 7.37. The minimum absolute atomic E-state index is 0.156. The number of hydrogen-bond acceptors (Lipinski definition) is 5. The lowest BCUT2D eigenvalue weighted by atomic mass is 10.2. The molecule has 0 unspecified atom stereocenters. The van der Waals surface area contributed by atoms with Gasteiger partial charge < -0.3 is 9.47 Å². The van der Waals surface area contributed by atoms with Gasteiger partial charge in [0.2, 0.25) is 10.0 Å². The van der Waals surface area contributed by atoms with Crippen LogP contribution in [0.15, 0.2) is 23.2 Å². The van der Waals surface area contributed by atoms with Crippen LogP contribution in [0, 0.1) is 0 Å². The van der Waals surface area contributed by atoms with Crippen molar-refractivity contribution in [3.05, 3.63) is 18.3 Å². The number of ether oxygens (including phenoxy) is 2. The zero-order valence-electron chi connectivity index (χ0n) is 13.6. The van der Waals surface area contributed by atoms with E-state index >= 15 is 0 Å². The number of pyridine rings is 1. The third-order valence-electron chi connectivity index (χ3n) is 4.14. The predicted octanol–water partition coefficient (Wildman–Crippen LogP) is 0.135. The molecule has 0 bridgehead atoms. The van der Waals surface area contributed by atoms with Crippen LogP contribution in [-0.4, -0.2) is 64.3 Å². The first-order chi connectivity index (χ1) is 11.0. The van der Waals surface area contributed by atoms with E-state index < -0.39 is 10.0 Å². The third-order valence-corrected chi connectivity index (χ3v) is 6.03. The Bertz CT molecular complexity index is 619. The second-order valence-corrected chi connectivity index (χ2v) is 8.03. The molecule has 0 amide bonds.